The van der Waals surface area contributed by atoms with Gasteiger partial charge in [0.05, 0.1) is 11.3 Å². The van der Waals surface area contributed by atoms with Crippen molar-refractivity contribution in [3.63, 3.8) is 0 Å². The summed E-state index contributed by atoms with van der Waals surface area (Å²) in [4.78, 5) is 12.2. The number of allylic oxidation sites excluding steroid dienone is 1. The molecule has 3 rings (SSSR count). The number of benzene rings is 2. The third-order valence-electron chi connectivity index (χ3n) is 4.77. The van der Waals surface area contributed by atoms with E-state index in [0.29, 0.717) is 23.5 Å². The number of carbonyl (C=O) groups is 1. The molecule has 0 spiro atoms. The van der Waals surface area contributed by atoms with Gasteiger partial charge in [-0.3, -0.25) is 0 Å². The van der Waals surface area contributed by atoms with Gasteiger partial charge in [-0.05, 0) is 74.1 Å². The van der Waals surface area contributed by atoms with Crippen LogP contribution in [0.15, 0.2) is 54.3 Å². The number of para-hydroxylation sites is 1. The largest absolute Gasteiger partial charge is 0.512 e. The van der Waals surface area contributed by atoms with Crippen LogP contribution in [0.3, 0.4) is 0 Å². The number of phenols is 1. The molecule has 0 unspecified atom stereocenters. The normalized spacial score (nSPS) is 14.7. The van der Waals surface area contributed by atoms with E-state index in [-0.39, 0.29) is 12.1 Å². The number of ether oxygens (including phenoxy) is 1. The van der Waals surface area contributed by atoms with Gasteiger partial charge in [-0.15, -0.1) is 0 Å². The quantitative estimate of drug-likeness (QED) is 0.489. The Bertz CT molecular complexity index is 774. The third kappa shape index (κ3) is 7.10. The standard InChI is InChI=1S/C18H24O3.C6H6O/c1-3-16(19)12-14-9-10-15(11-13(14)2)18(20)21-17-7-5-4-6-8-17;7-6-4-2-1-3-5-6/h9-12,17,19H,3-8H2,1-2H3;1-5,7H/b16-12+;. The first-order valence-corrected chi connectivity index (χ1v) is 9.94. The molecule has 0 atom stereocenters. The first kappa shape index (κ1) is 21.5. The summed E-state index contributed by atoms with van der Waals surface area (Å²) in [6.45, 7) is 3.84. The van der Waals surface area contributed by atoms with Crippen molar-refractivity contribution in [1.82, 2.24) is 0 Å². The van der Waals surface area contributed by atoms with E-state index in [1.807, 2.05) is 32.0 Å². The number of aliphatic hydroxyl groups is 1. The second-order valence-corrected chi connectivity index (χ2v) is 7.06. The van der Waals surface area contributed by atoms with Gasteiger partial charge in [-0.2, -0.15) is 0 Å². The summed E-state index contributed by atoms with van der Waals surface area (Å²) in [6, 6.07) is 14.2. The van der Waals surface area contributed by atoms with E-state index in [1.54, 1.807) is 36.4 Å². The number of aryl methyl sites for hydroxylation is 1. The number of esters is 1. The van der Waals surface area contributed by atoms with Gasteiger partial charge in [0.1, 0.15) is 11.9 Å². The Morgan fingerprint density at radius 3 is 2.32 bits per heavy atom. The van der Waals surface area contributed by atoms with Crippen molar-refractivity contribution in [3.05, 3.63) is 71.0 Å². The molecule has 0 radical (unpaired) electrons. The van der Waals surface area contributed by atoms with Crippen molar-refractivity contribution < 1.29 is 19.7 Å². The molecule has 2 aromatic rings. The van der Waals surface area contributed by atoms with Gasteiger partial charge in [-0.25, -0.2) is 4.79 Å². The number of phenolic OH excluding ortho intramolecular Hbond substituents is 1. The zero-order valence-corrected chi connectivity index (χ0v) is 16.7. The Balaban J connectivity index is 0.000000336. The van der Waals surface area contributed by atoms with Gasteiger partial charge < -0.3 is 14.9 Å². The van der Waals surface area contributed by atoms with Crippen LogP contribution in [-0.2, 0) is 4.74 Å². The highest BCUT2D eigenvalue weighted by Gasteiger charge is 2.19. The summed E-state index contributed by atoms with van der Waals surface area (Å²) in [6.07, 6.45) is 7.93. The molecule has 0 bridgehead atoms. The van der Waals surface area contributed by atoms with Crippen LogP contribution in [0.25, 0.3) is 6.08 Å². The van der Waals surface area contributed by atoms with Crippen LogP contribution in [0.1, 0.15) is 66.9 Å². The van der Waals surface area contributed by atoms with Gasteiger partial charge in [-0.1, -0.05) is 37.6 Å². The van der Waals surface area contributed by atoms with E-state index in [9.17, 15) is 9.90 Å². The fraction of sp³-hybridized carbons (Fsp3) is 0.375. The lowest BCUT2D eigenvalue weighted by molar-refractivity contribution is 0.0211. The van der Waals surface area contributed by atoms with E-state index in [4.69, 9.17) is 9.84 Å². The summed E-state index contributed by atoms with van der Waals surface area (Å²) in [5.41, 5.74) is 2.49. The highest BCUT2D eigenvalue weighted by atomic mass is 16.5. The van der Waals surface area contributed by atoms with Crippen molar-refractivity contribution in [2.24, 2.45) is 0 Å². The van der Waals surface area contributed by atoms with Gasteiger partial charge in [0.25, 0.3) is 0 Å². The van der Waals surface area contributed by atoms with Crippen LogP contribution in [0.4, 0.5) is 0 Å². The topological polar surface area (TPSA) is 66.8 Å². The summed E-state index contributed by atoms with van der Waals surface area (Å²) in [5, 5.41) is 18.2. The second kappa shape index (κ2) is 11.2. The van der Waals surface area contributed by atoms with Crippen LogP contribution in [0, 0.1) is 6.92 Å². The van der Waals surface area contributed by atoms with E-state index in [0.717, 1.165) is 36.8 Å². The van der Waals surface area contributed by atoms with Gasteiger partial charge in [0.15, 0.2) is 0 Å². The number of aromatic hydroxyl groups is 1. The first-order valence-electron chi connectivity index (χ1n) is 9.94. The minimum absolute atomic E-state index is 0.0789. The molecule has 1 aliphatic rings. The molecular weight excluding hydrogens is 352 g/mol. The molecule has 0 saturated heterocycles. The molecule has 28 heavy (non-hydrogen) atoms. The van der Waals surface area contributed by atoms with Crippen molar-refractivity contribution in [3.8, 4) is 5.75 Å². The van der Waals surface area contributed by atoms with Crippen LogP contribution < -0.4 is 0 Å². The average Bonchev–Trinajstić information content (AvgIpc) is 2.71. The summed E-state index contributed by atoms with van der Waals surface area (Å²) >= 11 is 0. The van der Waals surface area contributed by atoms with Crippen LogP contribution in [-0.4, -0.2) is 22.3 Å². The fourth-order valence-electron chi connectivity index (χ4n) is 3.08. The Morgan fingerprint density at radius 2 is 1.79 bits per heavy atom. The van der Waals surface area contributed by atoms with E-state index in [2.05, 4.69) is 0 Å². The first-order chi connectivity index (χ1) is 13.5. The van der Waals surface area contributed by atoms with Crippen LogP contribution in [0.5, 0.6) is 5.75 Å². The minimum atomic E-state index is -0.236. The lowest BCUT2D eigenvalue weighted by Crippen LogP contribution is -2.21. The van der Waals surface area contributed by atoms with E-state index in [1.165, 1.54) is 6.42 Å². The molecule has 1 fully saturated rings. The molecule has 0 heterocycles. The Labute approximate surface area is 167 Å². The van der Waals surface area contributed by atoms with Gasteiger partial charge in [0.2, 0.25) is 0 Å². The molecule has 150 valence electrons. The predicted molar refractivity (Wildman–Crippen MR) is 112 cm³/mol. The Hall–Kier alpha value is -2.75. The average molecular weight is 382 g/mol. The fourth-order valence-corrected chi connectivity index (χ4v) is 3.08. The van der Waals surface area contributed by atoms with E-state index < -0.39 is 0 Å². The van der Waals surface area contributed by atoms with Gasteiger partial charge in [0, 0.05) is 6.42 Å². The minimum Gasteiger partial charge on any atom is -0.512 e. The predicted octanol–water partition coefficient (Wildman–Crippen LogP) is 6.19. The molecule has 2 aromatic carbocycles. The van der Waals surface area contributed by atoms with E-state index >= 15 is 0 Å². The molecule has 0 amide bonds. The van der Waals surface area contributed by atoms with Crippen molar-refractivity contribution >= 4 is 12.0 Å². The molecule has 0 aromatic heterocycles. The highest BCUT2D eigenvalue weighted by Crippen LogP contribution is 2.22. The lowest BCUT2D eigenvalue weighted by atomic mass is 9.97. The molecular formula is C24H30O4. The molecule has 1 saturated carbocycles. The molecule has 0 aliphatic heterocycles. The maximum Gasteiger partial charge on any atom is 0.338 e. The monoisotopic (exact) mass is 382 g/mol. The summed E-state index contributed by atoms with van der Waals surface area (Å²) in [7, 11) is 0. The molecule has 4 nitrogen and oxygen atoms in total. The maximum absolute atomic E-state index is 12.2. The third-order valence-corrected chi connectivity index (χ3v) is 4.77. The van der Waals surface area contributed by atoms with Gasteiger partial charge >= 0.3 is 5.97 Å². The SMILES string of the molecule is CC/C(O)=C\c1ccc(C(=O)OC2CCCCC2)cc1C.Oc1ccccc1. The molecule has 4 heteroatoms. The Kier molecular flexibility index (Phi) is 8.60. The maximum atomic E-state index is 12.2. The second-order valence-electron chi connectivity index (χ2n) is 7.06. The van der Waals surface area contributed by atoms with Crippen molar-refractivity contribution in [2.45, 2.75) is 58.5 Å². The van der Waals surface area contributed by atoms with Crippen molar-refractivity contribution in [1.29, 1.82) is 0 Å². The van der Waals surface area contributed by atoms with Crippen LogP contribution in [0.2, 0.25) is 0 Å². The lowest BCUT2D eigenvalue weighted by Gasteiger charge is -2.21. The molecule has 2 N–H and O–H groups in total. The zero-order valence-electron chi connectivity index (χ0n) is 16.7. The number of aliphatic hydroxyl groups excluding tert-OH is 1. The number of hydrogen-bond donors (Lipinski definition) is 2. The number of hydrogen-bond acceptors (Lipinski definition) is 4. The summed E-state index contributed by atoms with van der Waals surface area (Å²) in [5.74, 6) is 0.429. The summed E-state index contributed by atoms with van der Waals surface area (Å²) < 4.78 is 5.57. The zero-order chi connectivity index (χ0) is 20.4. The van der Waals surface area contributed by atoms with Crippen LogP contribution >= 0.6 is 0 Å². The smallest absolute Gasteiger partial charge is 0.338 e. The van der Waals surface area contributed by atoms with Crippen molar-refractivity contribution in [2.75, 3.05) is 0 Å². The Morgan fingerprint density at radius 1 is 1.11 bits per heavy atom. The number of rotatable bonds is 4. The molecule has 1 aliphatic carbocycles. The number of carbonyl (C=O) groups excluding carboxylic acids is 1. The highest BCUT2D eigenvalue weighted by molar-refractivity contribution is 5.90.